The van der Waals surface area contributed by atoms with Crippen molar-refractivity contribution in [1.29, 1.82) is 0 Å². The zero-order valence-corrected chi connectivity index (χ0v) is 35.9. The largest absolute Gasteiger partial charge is 0.473 e. The number of rotatable bonds is 0. The van der Waals surface area contributed by atoms with Crippen LogP contribution in [0.4, 0.5) is 0 Å². The van der Waals surface area contributed by atoms with Crippen LogP contribution in [0.1, 0.15) is 138 Å². The number of benzene rings is 1. The molecule has 5 rings (SSSR count). The summed E-state index contributed by atoms with van der Waals surface area (Å²) in [6.45, 7) is 40.0. The highest BCUT2D eigenvalue weighted by atomic mass is 32.1. The van der Waals surface area contributed by atoms with Crippen molar-refractivity contribution in [2.75, 3.05) is 0 Å². The molecule has 5 aromatic rings. The molecule has 3 nitrogen and oxygen atoms in total. The number of thiophene rings is 1. The maximum absolute atomic E-state index is 4.58. The second kappa shape index (κ2) is 132. The van der Waals surface area contributed by atoms with Crippen LogP contribution < -0.4 is 0 Å². The molecule has 0 aliphatic heterocycles. The van der Waals surface area contributed by atoms with Crippen molar-refractivity contribution in [3.05, 3.63) is 139 Å². The minimum Gasteiger partial charge on any atom is -0.473 e. The number of pyridine rings is 1. The van der Waals surface area contributed by atoms with Gasteiger partial charge in [-0.25, -0.2) is 0 Å². The summed E-state index contributed by atoms with van der Waals surface area (Å²) in [6.07, 6.45) is 10.5. The lowest BCUT2D eigenvalue weighted by Crippen LogP contribution is -1.58. The summed E-state index contributed by atoms with van der Waals surface area (Å²) in [7, 11) is 0. The molecular weight excluding hydrogens is 593 g/mol. The number of furan rings is 1. The van der Waals surface area contributed by atoms with Crippen LogP contribution in [-0.4, -0.2) is 9.97 Å². The van der Waals surface area contributed by atoms with Crippen LogP contribution in [0.2, 0.25) is 0 Å². The van der Waals surface area contributed by atoms with E-state index in [1.54, 1.807) is 36.3 Å². The molecule has 0 aliphatic carbocycles. The van der Waals surface area contributed by atoms with Gasteiger partial charge >= 0.3 is 0 Å². The first-order valence-corrected chi connectivity index (χ1v) is 19.3. The third-order valence-corrected chi connectivity index (χ3v) is 3.21. The topological polar surface area (TPSA) is 41.8 Å². The first-order chi connectivity index (χ1) is 23.5. The zero-order valence-electron chi connectivity index (χ0n) is 35.0. The average molecular weight is 677 g/mol. The Labute approximate surface area is 302 Å². The van der Waals surface area contributed by atoms with Crippen LogP contribution >= 0.6 is 11.3 Å². The van der Waals surface area contributed by atoms with Gasteiger partial charge in [0.05, 0.1) is 12.5 Å². The Hall–Kier alpha value is -3.37. The Balaban J connectivity index is -0.0000000403. The van der Waals surface area contributed by atoms with Gasteiger partial charge in [0, 0.05) is 24.8 Å². The monoisotopic (exact) mass is 677 g/mol. The van der Waals surface area contributed by atoms with Crippen molar-refractivity contribution in [2.45, 2.75) is 138 Å². The SMILES string of the molecule is CC.CC.CC.CC.CC.CC.CC.CC.CC.CC.c1cc[nH]c1.c1ccccc1.c1ccncc1.c1ccoc1.c1ccsc1. The number of aromatic nitrogens is 2. The fraction of sp³-hybridized carbons (Fsp3) is 0.465. The predicted molar refractivity (Wildman–Crippen MR) is 228 cm³/mol. The molecule has 0 bridgehead atoms. The summed E-state index contributed by atoms with van der Waals surface area (Å²) in [5.74, 6) is 0. The fourth-order valence-corrected chi connectivity index (χ4v) is 1.88. The van der Waals surface area contributed by atoms with E-state index in [0.29, 0.717) is 0 Å². The summed E-state index contributed by atoms with van der Waals surface area (Å²) in [5, 5.41) is 4.08. The molecule has 0 atom stereocenters. The van der Waals surface area contributed by atoms with Crippen molar-refractivity contribution >= 4 is 11.3 Å². The van der Waals surface area contributed by atoms with Gasteiger partial charge in [-0.3, -0.25) is 4.98 Å². The van der Waals surface area contributed by atoms with Gasteiger partial charge in [-0.15, -0.1) is 0 Å². The molecule has 0 saturated heterocycles. The standard InChI is InChI=1S/C6H6.C5H5N.C4H5N.C4H4O.C4H4S.10C2H6/c2*1-2-4-6-5-3-1;3*1-2-4-5-3-1;10*1-2/h1-6H;1-5H;1-5H;2*1-4H;10*1-2H3. The van der Waals surface area contributed by atoms with E-state index in [4.69, 9.17) is 0 Å². The van der Waals surface area contributed by atoms with Crippen LogP contribution in [0.15, 0.2) is 143 Å². The summed E-state index contributed by atoms with van der Waals surface area (Å²) < 4.78 is 4.58. The molecule has 4 heteroatoms. The lowest BCUT2D eigenvalue weighted by molar-refractivity contribution is 0.567. The number of H-pyrrole nitrogens is 1. The molecule has 4 aromatic heterocycles. The average Bonchev–Trinajstić information content (AvgIpc) is 4.10. The van der Waals surface area contributed by atoms with Crippen LogP contribution in [0.5, 0.6) is 0 Å². The summed E-state index contributed by atoms with van der Waals surface area (Å²) in [5.41, 5.74) is 0. The van der Waals surface area contributed by atoms with E-state index >= 15 is 0 Å². The van der Waals surface area contributed by atoms with Gasteiger partial charge in [0.15, 0.2) is 0 Å². The molecule has 0 unspecified atom stereocenters. The number of aromatic amines is 1. The Kier molecular flexibility index (Phi) is 197. The fourth-order valence-electron chi connectivity index (χ4n) is 1.43. The molecule has 1 aromatic carbocycles. The Morgan fingerprint density at radius 2 is 0.617 bits per heavy atom. The molecule has 1 N–H and O–H groups in total. The minimum absolute atomic E-state index is 1.62. The third-order valence-electron chi connectivity index (χ3n) is 2.58. The van der Waals surface area contributed by atoms with E-state index in [0.717, 1.165) is 0 Å². The summed E-state index contributed by atoms with van der Waals surface area (Å²) >= 11 is 1.71. The lowest BCUT2D eigenvalue weighted by atomic mass is 10.4. The molecule has 47 heavy (non-hydrogen) atoms. The van der Waals surface area contributed by atoms with E-state index in [-0.39, 0.29) is 0 Å². The third kappa shape index (κ3) is 126. The van der Waals surface area contributed by atoms with Crippen LogP contribution in [0.3, 0.4) is 0 Å². The van der Waals surface area contributed by atoms with Crippen molar-refractivity contribution in [3.63, 3.8) is 0 Å². The van der Waals surface area contributed by atoms with E-state index in [9.17, 15) is 0 Å². The van der Waals surface area contributed by atoms with Gasteiger partial charge in [-0.1, -0.05) is 193 Å². The van der Waals surface area contributed by atoms with Crippen LogP contribution in [0.25, 0.3) is 0 Å². The van der Waals surface area contributed by atoms with Crippen molar-refractivity contribution in [2.24, 2.45) is 0 Å². The Bertz CT molecular complexity index is 574. The Morgan fingerprint density at radius 3 is 0.723 bits per heavy atom. The highest BCUT2D eigenvalue weighted by Gasteiger charge is 1.60. The molecule has 0 aliphatic rings. The second-order valence-electron chi connectivity index (χ2n) is 4.65. The first-order valence-electron chi connectivity index (χ1n) is 18.4. The van der Waals surface area contributed by atoms with Crippen LogP contribution in [0, 0.1) is 0 Å². The molecule has 4 heterocycles. The molecule has 278 valence electrons. The predicted octanol–water partition coefficient (Wildman–Crippen LogP) is 17.1. The molecule has 0 amide bonds. The number of hydrogen-bond acceptors (Lipinski definition) is 3. The minimum atomic E-state index is 1.62. The quantitative estimate of drug-likeness (QED) is 0.177. The first kappa shape index (κ1) is 70.1. The van der Waals surface area contributed by atoms with E-state index < -0.39 is 0 Å². The molecule has 0 fully saturated rings. The van der Waals surface area contributed by atoms with E-state index in [1.807, 2.05) is 253 Å². The van der Waals surface area contributed by atoms with Gasteiger partial charge in [-0.2, -0.15) is 11.3 Å². The highest BCUT2D eigenvalue weighted by molar-refractivity contribution is 7.07. The molecular formula is C43H84N2OS. The van der Waals surface area contributed by atoms with E-state index in [1.165, 1.54) is 0 Å². The smallest absolute Gasteiger partial charge is 0.0902 e. The van der Waals surface area contributed by atoms with Gasteiger partial charge < -0.3 is 9.40 Å². The van der Waals surface area contributed by atoms with Gasteiger partial charge in [0.1, 0.15) is 0 Å². The summed E-state index contributed by atoms with van der Waals surface area (Å²) in [4.78, 5) is 6.65. The Morgan fingerprint density at radius 1 is 0.340 bits per heavy atom. The van der Waals surface area contributed by atoms with E-state index in [2.05, 4.69) is 14.4 Å². The van der Waals surface area contributed by atoms with Gasteiger partial charge in [-0.05, 0) is 47.2 Å². The number of nitrogens with zero attached hydrogens (tertiary/aromatic N) is 1. The van der Waals surface area contributed by atoms with Crippen molar-refractivity contribution in [3.8, 4) is 0 Å². The van der Waals surface area contributed by atoms with Crippen molar-refractivity contribution < 1.29 is 4.42 Å². The second-order valence-corrected chi connectivity index (χ2v) is 5.47. The van der Waals surface area contributed by atoms with Crippen molar-refractivity contribution in [1.82, 2.24) is 9.97 Å². The summed E-state index contributed by atoms with van der Waals surface area (Å²) in [6, 6.07) is 29.3. The molecule has 0 radical (unpaired) electrons. The lowest BCUT2D eigenvalue weighted by Gasteiger charge is -1.70. The highest BCUT2D eigenvalue weighted by Crippen LogP contribution is 1.91. The van der Waals surface area contributed by atoms with Gasteiger partial charge in [0.25, 0.3) is 0 Å². The number of nitrogens with one attached hydrogen (secondary N) is 1. The van der Waals surface area contributed by atoms with Gasteiger partial charge in [0.2, 0.25) is 0 Å². The molecule has 0 spiro atoms. The number of hydrogen-bond donors (Lipinski definition) is 1. The maximum atomic E-state index is 4.58. The maximum Gasteiger partial charge on any atom is 0.0902 e. The molecule has 0 saturated carbocycles. The zero-order chi connectivity index (χ0) is 39.1. The normalized spacial score (nSPS) is 5.87. The van der Waals surface area contributed by atoms with Crippen LogP contribution in [-0.2, 0) is 0 Å².